The van der Waals surface area contributed by atoms with Crippen LogP contribution in [0.15, 0.2) is 70.6 Å². The molecule has 4 rings (SSSR count). The van der Waals surface area contributed by atoms with Crippen LogP contribution in [-0.2, 0) is 41.8 Å². The number of rotatable bonds is 12. The van der Waals surface area contributed by atoms with Gasteiger partial charge in [0.05, 0.1) is 21.8 Å². The first-order valence-corrected chi connectivity index (χ1v) is 13.5. The van der Waals surface area contributed by atoms with Crippen LogP contribution in [0.2, 0.25) is 0 Å². The van der Waals surface area contributed by atoms with E-state index in [-0.39, 0.29) is 36.7 Å². The van der Waals surface area contributed by atoms with E-state index < -0.39 is 51.8 Å². The zero-order valence-corrected chi connectivity index (χ0v) is 23.3. The van der Waals surface area contributed by atoms with Crippen molar-refractivity contribution in [3.05, 3.63) is 102 Å². The normalized spacial score (nSPS) is 18.1. The minimum atomic E-state index is -1.05. The maximum Gasteiger partial charge on any atom is 0.508 e. The molecule has 1 fully saturated rings. The van der Waals surface area contributed by atoms with Crippen molar-refractivity contribution >= 4 is 47.1 Å². The number of nitro groups is 2. The molecular formula is C27H24N4O11S. The molecule has 224 valence electrons. The lowest BCUT2D eigenvalue weighted by Crippen LogP contribution is -2.62. The Bertz CT molecular complexity index is 1520. The summed E-state index contributed by atoms with van der Waals surface area (Å²) in [6.45, 7) is 1.08. The van der Waals surface area contributed by atoms with Crippen molar-refractivity contribution in [2.75, 3.05) is 0 Å². The lowest BCUT2D eigenvalue weighted by Gasteiger charge is -2.45. The molecule has 0 radical (unpaired) electrons. The van der Waals surface area contributed by atoms with E-state index in [1.807, 2.05) is 0 Å². The van der Waals surface area contributed by atoms with Gasteiger partial charge in [0.2, 0.25) is 11.8 Å². The third-order valence-corrected chi connectivity index (χ3v) is 7.53. The highest BCUT2D eigenvalue weighted by atomic mass is 32.2. The Kier molecular flexibility index (Phi) is 9.39. The van der Waals surface area contributed by atoms with E-state index in [1.165, 1.54) is 65.8 Å². The summed E-state index contributed by atoms with van der Waals surface area (Å²) in [5.74, 6) is -2.82. The summed E-state index contributed by atoms with van der Waals surface area (Å²) >= 11 is 1.02. The van der Waals surface area contributed by atoms with Crippen molar-refractivity contribution in [3.8, 4) is 0 Å². The standard InChI is InChI=1S/C27H24N4O11S/c1-15(42-27(35)41-14-17-4-8-19(9-5-17)31(38)39)23-20-12-21(43-11-10-22(28)32)24(29(20)25(23)33)26(34)40-13-16-2-6-18(7-3-16)30(36)37/h2-11,15,20,23H,12-14H2,1H3,(H2,28,32). The van der Waals surface area contributed by atoms with E-state index in [9.17, 15) is 39.4 Å². The van der Waals surface area contributed by atoms with Gasteiger partial charge in [-0.2, -0.15) is 0 Å². The molecule has 3 atom stereocenters. The molecule has 3 unspecified atom stereocenters. The molecule has 15 nitrogen and oxygen atoms in total. The molecule has 0 saturated carbocycles. The molecule has 0 aliphatic carbocycles. The van der Waals surface area contributed by atoms with Gasteiger partial charge < -0.3 is 24.8 Å². The first-order valence-electron chi connectivity index (χ1n) is 12.6. The van der Waals surface area contributed by atoms with Crippen LogP contribution in [0.3, 0.4) is 0 Å². The average Bonchev–Trinajstić information content (AvgIpc) is 3.29. The summed E-state index contributed by atoms with van der Waals surface area (Å²) in [7, 11) is 0. The molecule has 2 amide bonds. The molecule has 0 spiro atoms. The molecule has 1 saturated heterocycles. The van der Waals surface area contributed by atoms with Gasteiger partial charge in [-0.1, -0.05) is 11.8 Å². The van der Waals surface area contributed by atoms with Crippen molar-refractivity contribution in [2.45, 2.75) is 38.7 Å². The fourth-order valence-electron chi connectivity index (χ4n) is 4.54. The molecule has 0 aromatic heterocycles. The van der Waals surface area contributed by atoms with Crippen molar-refractivity contribution in [2.24, 2.45) is 11.7 Å². The quantitative estimate of drug-likeness (QED) is 0.120. The molecule has 2 N–H and O–H groups in total. The summed E-state index contributed by atoms with van der Waals surface area (Å²) in [5.41, 5.74) is 5.86. The topological polar surface area (TPSA) is 212 Å². The number of fused-ring (bicyclic) bond motifs is 1. The molecule has 43 heavy (non-hydrogen) atoms. The summed E-state index contributed by atoms with van der Waals surface area (Å²) in [4.78, 5) is 72.0. The van der Waals surface area contributed by atoms with Crippen LogP contribution in [0.5, 0.6) is 0 Å². The molecule has 0 bridgehead atoms. The van der Waals surface area contributed by atoms with Crippen LogP contribution in [0.4, 0.5) is 16.2 Å². The lowest BCUT2D eigenvalue weighted by atomic mass is 9.83. The summed E-state index contributed by atoms with van der Waals surface area (Å²) in [6.07, 6.45) is -0.678. The second-order valence-electron chi connectivity index (χ2n) is 9.39. The molecule has 2 aliphatic heterocycles. The number of esters is 1. The second-order valence-corrected chi connectivity index (χ2v) is 10.4. The van der Waals surface area contributed by atoms with Crippen LogP contribution in [0.1, 0.15) is 24.5 Å². The SMILES string of the molecule is CC(OC(=O)OCc1ccc([N+](=O)[O-])cc1)C1C(=O)N2C(C(=O)OCc3ccc([N+](=O)[O-])cc3)=C(SC=CC(N)=O)CC12. The average molecular weight is 613 g/mol. The van der Waals surface area contributed by atoms with E-state index in [2.05, 4.69) is 0 Å². The van der Waals surface area contributed by atoms with E-state index in [4.69, 9.17) is 19.9 Å². The number of amides is 2. The van der Waals surface area contributed by atoms with Crippen molar-refractivity contribution < 1.29 is 43.2 Å². The number of non-ortho nitro benzene ring substituents is 2. The van der Waals surface area contributed by atoms with Gasteiger partial charge in [-0.3, -0.25) is 29.8 Å². The summed E-state index contributed by atoms with van der Waals surface area (Å²) in [6, 6.07) is 10.3. The fourth-order valence-corrected chi connectivity index (χ4v) is 5.47. The monoisotopic (exact) mass is 612 g/mol. The number of benzene rings is 2. The Hall–Kier alpha value is -5.25. The number of ether oxygens (including phenoxy) is 3. The molecule has 2 aromatic carbocycles. The van der Waals surface area contributed by atoms with Gasteiger partial charge in [0.25, 0.3) is 11.4 Å². The predicted octanol–water partition coefficient (Wildman–Crippen LogP) is 3.46. The number of nitro benzene ring substituents is 2. The van der Waals surface area contributed by atoms with Crippen molar-refractivity contribution in [3.63, 3.8) is 0 Å². The zero-order valence-electron chi connectivity index (χ0n) is 22.4. The number of hydrogen-bond acceptors (Lipinski definition) is 12. The van der Waals surface area contributed by atoms with Gasteiger partial charge in [0.15, 0.2) is 0 Å². The van der Waals surface area contributed by atoms with Crippen LogP contribution in [0, 0.1) is 26.1 Å². The number of β-lactam (4-membered cyclic amide) rings is 1. The van der Waals surface area contributed by atoms with Gasteiger partial charge in [-0.15, -0.1) is 0 Å². The van der Waals surface area contributed by atoms with Crippen LogP contribution in [-0.4, -0.2) is 50.8 Å². The molecule has 16 heteroatoms. The molecule has 2 heterocycles. The summed E-state index contributed by atoms with van der Waals surface area (Å²) < 4.78 is 15.8. The highest BCUT2D eigenvalue weighted by Gasteiger charge is 2.58. The zero-order chi connectivity index (χ0) is 31.3. The van der Waals surface area contributed by atoms with Crippen molar-refractivity contribution in [1.82, 2.24) is 4.90 Å². The van der Waals surface area contributed by atoms with E-state index >= 15 is 0 Å². The number of nitrogens with two attached hydrogens (primary N) is 1. The number of thioether (sulfide) groups is 1. The Balaban J connectivity index is 1.39. The third kappa shape index (κ3) is 7.16. The van der Waals surface area contributed by atoms with Gasteiger partial charge in [0, 0.05) is 41.7 Å². The highest BCUT2D eigenvalue weighted by molar-refractivity contribution is 8.05. The Morgan fingerprint density at radius 3 is 2.05 bits per heavy atom. The van der Waals surface area contributed by atoms with Gasteiger partial charge in [-0.25, -0.2) is 9.59 Å². The van der Waals surface area contributed by atoms with E-state index in [1.54, 1.807) is 0 Å². The molecule has 2 aliphatic rings. The second kappa shape index (κ2) is 13.2. The Morgan fingerprint density at radius 1 is 1.00 bits per heavy atom. The number of hydrogen-bond donors (Lipinski definition) is 1. The highest BCUT2D eigenvalue weighted by Crippen LogP contribution is 2.48. The van der Waals surface area contributed by atoms with Crippen LogP contribution < -0.4 is 5.73 Å². The number of primary amides is 1. The summed E-state index contributed by atoms with van der Waals surface area (Å²) in [5, 5.41) is 23.0. The molecule has 2 aromatic rings. The maximum atomic E-state index is 13.2. The maximum absolute atomic E-state index is 13.2. The Labute approximate surface area is 247 Å². The van der Waals surface area contributed by atoms with E-state index in [0.29, 0.717) is 16.0 Å². The van der Waals surface area contributed by atoms with Gasteiger partial charge >= 0.3 is 12.1 Å². The largest absolute Gasteiger partial charge is 0.508 e. The first kappa shape index (κ1) is 30.7. The third-order valence-electron chi connectivity index (χ3n) is 6.61. The number of carbonyl (C=O) groups excluding carboxylic acids is 4. The van der Waals surface area contributed by atoms with Crippen LogP contribution in [0.25, 0.3) is 0 Å². The minimum Gasteiger partial charge on any atom is -0.456 e. The van der Waals surface area contributed by atoms with Gasteiger partial charge in [0.1, 0.15) is 25.0 Å². The smallest absolute Gasteiger partial charge is 0.456 e. The number of carbonyl (C=O) groups is 4. The van der Waals surface area contributed by atoms with E-state index in [0.717, 1.165) is 17.8 Å². The van der Waals surface area contributed by atoms with Crippen LogP contribution >= 0.6 is 11.8 Å². The van der Waals surface area contributed by atoms with Crippen molar-refractivity contribution in [1.29, 1.82) is 0 Å². The van der Waals surface area contributed by atoms with Gasteiger partial charge in [-0.05, 0) is 47.7 Å². The molecular weight excluding hydrogens is 588 g/mol. The number of nitrogens with zero attached hydrogens (tertiary/aromatic N) is 3. The first-order chi connectivity index (χ1) is 20.5. The predicted molar refractivity (Wildman–Crippen MR) is 148 cm³/mol. The lowest BCUT2D eigenvalue weighted by molar-refractivity contribution is -0.385. The Morgan fingerprint density at radius 2 is 1.53 bits per heavy atom. The fraction of sp³-hybridized carbons (Fsp3) is 0.259. The minimum absolute atomic E-state index is 0.0276.